The van der Waals surface area contributed by atoms with Crippen LogP contribution in [0.1, 0.15) is 28.9 Å². The third-order valence-electron chi connectivity index (χ3n) is 3.32. The SMILES string of the molecule is Cc1[nH]c2ccc([N+](=O)[O-])cc2c1C(=O)NC1CC1. The topological polar surface area (TPSA) is 88.0 Å². The first kappa shape index (κ1) is 11.7. The zero-order valence-corrected chi connectivity index (χ0v) is 10.4. The first-order valence-electron chi connectivity index (χ1n) is 6.14. The summed E-state index contributed by atoms with van der Waals surface area (Å²) in [6.07, 6.45) is 2.01. The average Bonchev–Trinajstić information content (AvgIpc) is 3.08. The second-order valence-corrected chi connectivity index (χ2v) is 4.86. The Bertz CT molecular complexity index is 686. The number of aryl methyl sites for hydroxylation is 1. The smallest absolute Gasteiger partial charge is 0.270 e. The van der Waals surface area contributed by atoms with Gasteiger partial charge in [0, 0.05) is 34.8 Å². The zero-order chi connectivity index (χ0) is 13.6. The molecule has 1 saturated carbocycles. The van der Waals surface area contributed by atoms with E-state index in [2.05, 4.69) is 10.3 Å². The molecule has 1 aliphatic rings. The molecular formula is C13H13N3O3. The molecule has 0 aliphatic heterocycles. The highest BCUT2D eigenvalue weighted by Crippen LogP contribution is 2.27. The van der Waals surface area contributed by atoms with Crippen molar-refractivity contribution in [3.63, 3.8) is 0 Å². The molecule has 3 rings (SSSR count). The average molecular weight is 259 g/mol. The van der Waals surface area contributed by atoms with E-state index in [9.17, 15) is 14.9 Å². The Morgan fingerprint density at radius 3 is 2.84 bits per heavy atom. The van der Waals surface area contributed by atoms with E-state index < -0.39 is 4.92 Å². The Kier molecular flexibility index (Phi) is 2.51. The number of aromatic nitrogens is 1. The number of carbonyl (C=O) groups excluding carboxylic acids is 1. The number of H-pyrrole nitrogens is 1. The molecule has 0 radical (unpaired) electrons. The first-order valence-corrected chi connectivity index (χ1v) is 6.14. The molecule has 1 amide bonds. The summed E-state index contributed by atoms with van der Waals surface area (Å²) < 4.78 is 0. The van der Waals surface area contributed by atoms with E-state index in [1.54, 1.807) is 13.0 Å². The van der Waals surface area contributed by atoms with Crippen molar-refractivity contribution in [1.82, 2.24) is 10.3 Å². The zero-order valence-electron chi connectivity index (χ0n) is 10.4. The van der Waals surface area contributed by atoms with Crippen LogP contribution in [0, 0.1) is 17.0 Å². The maximum absolute atomic E-state index is 12.2. The molecule has 0 bridgehead atoms. The Morgan fingerprint density at radius 2 is 2.21 bits per heavy atom. The van der Waals surface area contributed by atoms with Crippen LogP contribution in [0.4, 0.5) is 5.69 Å². The lowest BCUT2D eigenvalue weighted by molar-refractivity contribution is -0.384. The number of carbonyl (C=O) groups is 1. The fourth-order valence-electron chi connectivity index (χ4n) is 2.21. The summed E-state index contributed by atoms with van der Waals surface area (Å²) in [5.74, 6) is -0.160. The van der Waals surface area contributed by atoms with Gasteiger partial charge in [-0.15, -0.1) is 0 Å². The molecule has 0 unspecified atom stereocenters. The fourth-order valence-corrected chi connectivity index (χ4v) is 2.21. The lowest BCUT2D eigenvalue weighted by Gasteiger charge is -2.03. The van der Waals surface area contributed by atoms with E-state index >= 15 is 0 Å². The molecule has 19 heavy (non-hydrogen) atoms. The predicted octanol–water partition coefficient (Wildman–Crippen LogP) is 2.28. The molecule has 6 nitrogen and oxygen atoms in total. The summed E-state index contributed by atoms with van der Waals surface area (Å²) in [5, 5.41) is 14.3. The predicted molar refractivity (Wildman–Crippen MR) is 70.2 cm³/mol. The van der Waals surface area contributed by atoms with Crippen molar-refractivity contribution in [3.8, 4) is 0 Å². The van der Waals surface area contributed by atoms with E-state index in [4.69, 9.17) is 0 Å². The number of hydrogen-bond donors (Lipinski definition) is 2. The van der Waals surface area contributed by atoms with Gasteiger partial charge in [0.15, 0.2) is 0 Å². The fraction of sp³-hybridized carbons (Fsp3) is 0.308. The lowest BCUT2D eigenvalue weighted by Crippen LogP contribution is -2.25. The van der Waals surface area contributed by atoms with Crippen LogP contribution in [-0.2, 0) is 0 Å². The minimum absolute atomic E-state index is 0.00743. The number of fused-ring (bicyclic) bond motifs is 1. The van der Waals surface area contributed by atoms with Crippen molar-refractivity contribution in [3.05, 3.63) is 39.6 Å². The molecule has 2 N–H and O–H groups in total. The third-order valence-corrected chi connectivity index (χ3v) is 3.32. The number of amides is 1. The number of aromatic amines is 1. The van der Waals surface area contributed by atoms with Crippen molar-refractivity contribution in [2.45, 2.75) is 25.8 Å². The number of non-ortho nitro benzene ring substituents is 1. The van der Waals surface area contributed by atoms with Gasteiger partial charge < -0.3 is 10.3 Å². The van der Waals surface area contributed by atoms with Gasteiger partial charge >= 0.3 is 0 Å². The Balaban J connectivity index is 2.10. The number of rotatable bonds is 3. The highest BCUT2D eigenvalue weighted by Gasteiger charge is 2.26. The lowest BCUT2D eigenvalue weighted by atomic mass is 10.1. The van der Waals surface area contributed by atoms with Crippen LogP contribution >= 0.6 is 0 Å². The summed E-state index contributed by atoms with van der Waals surface area (Å²) in [6.45, 7) is 1.80. The van der Waals surface area contributed by atoms with Gasteiger partial charge in [-0.1, -0.05) is 0 Å². The van der Waals surface area contributed by atoms with Gasteiger partial charge in [-0.25, -0.2) is 0 Å². The summed E-state index contributed by atoms with van der Waals surface area (Å²) >= 11 is 0. The largest absolute Gasteiger partial charge is 0.358 e. The van der Waals surface area contributed by atoms with Crippen LogP contribution < -0.4 is 5.32 Å². The molecule has 1 heterocycles. The van der Waals surface area contributed by atoms with Crippen LogP contribution in [0.25, 0.3) is 10.9 Å². The van der Waals surface area contributed by atoms with Gasteiger partial charge in [0.2, 0.25) is 0 Å². The van der Waals surface area contributed by atoms with Gasteiger partial charge in [-0.3, -0.25) is 14.9 Å². The van der Waals surface area contributed by atoms with E-state index in [1.165, 1.54) is 12.1 Å². The molecule has 0 spiro atoms. The maximum Gasteiger partial charge on any atom is 0.270 e. The van der Waals surface area contributed by atoms with E-state index in [-0.39, 0.29) is 17.6 Å². The van der Waals surface area contributed by atoms with Gasteiger partial charge in [0.1, 0.15) is 0 Å². The normalized spacial score (nSPS) is 14.6. The van der Waals surface area contributed by atoms with Crippen LogP contribution in [0.2, 0.25) is 0 Å². The Hall–Kier alpha value is -2.37. The number of nitrogens with zero attached hydrogens (tertiary/aromatic N) is 1. The summed E-state index contributed by atoms with van der Waals surface area (Å²) in [7, 11) is 0. The van der Waals surface area contributed by atoms with E-state index in [0.29, 0.717) is 10.9 Å². The van der Waals surface area contributed by atoms with Gasteiger partial charge in [-0.05, 0) is 25.8 Å². The molecule has 98 valence electrons. The highest BCUT2D eigenvalue weighted by atomic mass is 16.6. The summed E-state index contributed by atoms with van der Waals surface area (Å²) in [4.78, 5) is 25.6. The van der Waals surface area contributed by atoms with Crippen molar-refractivity contribution in [2.24, 2.45) is 0 Å². The van der Waals surface area contributed by atoms with Crippen LogP contribution in [0.5, 0.6) is 0 Å². The van der Waals surface area contributed by atoms with Crippen molar-refractivity contribution in [1.29, 1.82) is 0 Å². The van der Waals surface area contributed by atoms with E-state index in [1.807, 2.05) is 0 Å². The van der Waals surface area contributed by atoms with Crippen LogP contribution in [0.3, 0.4) is 0 Å². The molecule has 1 aliphatic carbocycles. The van der Waals surface area contributed by atoms with Crippen molar-refractivity contribution < 1.29 is 9.72 Å². The Labute approximate surface area is 109 Å². The third kappa shape index (κ3) is 2.05. The number of nitrogens with one attached hydrogen (secondary N) is 2. The number of benzene rings is 1. The van der Waals surface area contributed by atoms with E-state index in [0.717, 1.165) is 24.1 Å². The molecule has 0 saturated heterocycles. The quantitative estimate of drug-likeness (QED) is 0.654. The second-order valence-electron chi connectivity index (χ2n) is 4.86. The molecule has 1 aromatic carbocycles. The first-order chi connectivity index (χ1) is 9.06. The van der Waals surface area contributed by atoms with Crippen molar-refractivity contribution >= 4 is 22.5 Å². The minimum Gasteiger partial charge on any atom is -0.358 e. The molecule has 2 aromatic rings. The molecule has 0 atom stereocenters. The molecule has 1 fully saturated rings. The maximum atomic E-state index is 12.2. The summed E-state index contributed by atoms with van der Waals surface area (Å²) in [6, 6.07) is 4.77. The highest BCUT2D eigenvalue weighted by molar-refractivity contribution is 6.08. The van der Waals surface area contributed by atoms with Gasteiger partial charge in [-0.2, -0.15) is 0 Å². The molecular weight excluding hydrogens is 246 g/mol. The number of hydrogen-bond acceptors (Lipinski definition) is 3. The second kappa shape index (κ2) is 4.08. The van der Waals surface area contributed by atoms with Crippen LogP contribution in [-0.4, -0.2) is 21.9 Å². The van der Waals surface area contributed by atoms with Crippen molar-refractivity contribution in [2.75, 3.05) is 0 Å². The monoisotopic (exact) mass is 259 g/mol. The minimum atomic E-state index is -0.454. The summed E-state index contributed by atoms with van der Waals surface area (Å²) in [5.41, 5.74) is 1.97. The number of nitro benzene ring substituents is 1. The standard InChI is InChI=1S/C13H13N3O3/c1-7-12(13(17)15-8-2-3-8)10-6-9(16(18)19)4-5-11(10)14-7/h4-6,8,14H,2-3H2,1H3,(H,15,17). The number of nitro groups is 1. The molecule has 1 aromatic heterocycles. The van der Waals surface area contributed by atoms with Crippen LogP contribution in [0.15, 0.2) is 18.2 Å². The van der Waals surface area contributed by atoms with Gasteiger partial charge in [0.05, 0.1) is 10.5 Å². The molecule has 6 heteroatoms. The Morgan fingerprint density at radius 1 is 1.47 bits per heavy atom. The van der Waals surface area contributed by atoms with Gasteiger partial charge in [0.25, 0.3) is 11.6 Å².